The quantitative estimate of drug-likeness (QED) is 0.198. The number of phenolic OH excluding ortho intramolecular Hbond substituents is 1. The number of halogens is 1. The second-order valence-electron chi connectivity index (χ2n) is 5.81. The van der Waals surface area contributed by atoms with Crippen LogP contribution in [-0.2, 0) is 11.2 Å². The Bertz CT molecular complexity index is 564. The molecule has 1 aromatic rings. The number of primary amides is 1. The first-order valence-electron chi connectivity index (χ1n) is 8.17. The van der Waals surface area contributed by atoms with Crippen LogP contribution in [0.3, 0.4) is 0 Å². The summed E-state index contributed by atoms with van der Waals surface area (Å²) < 4.78 is 0.580. The summed E-state index contributed by atoms with van der Waals surface area (Å²) >= 11 is 3.25. The zero-order chi connectivity index (χ0) is 17.9. The molecule has 134 valence electrons. The summed E-state index contributed by atoms with van der Waals surface area (Å²) in [6.07, 6.45) is 5.38. The van der Waals surface area contributed by atoms with Crippen molar-refractivity contribution in [1.29, 1.82) is 0 Å². The Morgan fingerprint density at radius 2 is 2.12 bits per heavy atom. The summed E-state index contributed by atoms with van der Waals surface area (Å²) in [4.78, 5) is 11.5. The predicted molar refractivity (Wildman–Crippen MR) is 98.5 cm³/mol. The molecule has 0 aliphatic rings. The summed E-state index contributed by atoms with van der Waals surface area (Å²) in [5.74, 6) is -0.239. The highest BCUT2D eigenvalue weighted by molar-refractivity contribution is 9.10. The Morgan fingerprint density at radius 1 is 1.38 bits per heavy atom. The van der Waals surface area contributed by atoms with Gasteiger partial charge in [-0.05, 0) is 40.0 Å². The van der Waals surface area contributed by atoms with Gasteiger partial charge in [0.1, 0.15) is 5.75 Å². The summed E-state index contributed by atoms with van der Waals surface area (Å²) in [5.41, 5.74) is 6.81. The highest BCUT2D eigenvalue weighted by Crippen LogP contribution is 2.24. The molecule has 0 saturated heterocycles. The van der Waals surface area contributed by atoms with Gasteiger partial charge in [-0.1, -0.05) is 43.8 Å². The molecule has 1 amide bonds. The number of hydrogen-bond acceptors (Lipinski definition) is 5. The van der Waals surface area contributed by atoms with Gasteiger partial charge in [0.2, 0.25) is 5.91 Å². The predicted octanol–water partition coefficient (Wildman–Crippen LogP) is 2.94. The second-order valence-corrected chi connectivity index (χ2v) is 6.67. The minimum atomic E-state index is -0.426. The van der Waals surface area contributed by atoms with Crippen LogP contribution in [0.5, 0.6) is 5.75 Å². The van der Waals surface area contributed by atoms with Crippen molar-refractivity contribution in [2.75, 3.05) is 6.54 Å². The number of hydrogen-bond donors (Lipinski definition) is 4. The molecule has 0 heterocycles. The number of oxime groups is 1. The highest BCUT2D eigenvalue weighted by atomic mass is 79.9. The van der Waals surface area contributed by atoms with Crippen LogP contribution < -0.4 is 11.1 Å². The number of unbranched alkanes of at least 4 members (excludes halogenated alkanes) is 3. The van der Waals surface area contributed by atoms with E-state index in [2.05, 4.69) is 33.3 Å². The maximum atomic E-state index is 11.5. The Morgan fingerprint density at radius 3 is 2.71 bits per heavy atom. The van der Waals surface area contributed by atoms with E-state index in [0.29, 0.717) is 23.0 Å². The summed E-state index contributed by atoms with van der Waals surface area (Å²) in [6.45, 7) is 2.41. The van der Waals surface area contributed by atoms with Crippen molar-refractivity contribution in [3.63, 3.8) is 0 Å². The Kier molecular flexibility index (Phi) is 9.41. The minimum absolute atomic E-state index is 0.153. The number of phenols is 1. The Balaban J connectivity index is 2.53. The molecule has 7 heteroatoms. The van der Waals surface area contributed by atoms with E-state index in [0.717, 1.165) is 31.2 Å². The van der Waals surface area contributed by atoms with Crippen molar-refractivity contribution in [3.05, 3.63) is 28.2 Å². The molecule has 0 saturated carbocycles. The number of nitrogens with one attached hydrogen (secondary N) is 1. The van der Waals surface area contributed by atoms with Gasteiger partial charge in [-0.2, -0.15) is 0 Å². The van der Waals surface area contributed by atoms with Crippen LogP contribution in [0, 0.1) is 0 Å². The molecule has 6 nitrogen and oxygen atoms in total. The first-order valence-corrected chi connectivity index (χ1v) is 8.97. The van der Waals surface area contributed by atoms with Crippen molar-refractivity contribution in [3.8, 4) is 5.75 Å². The van der Waals surface area contributed by atoms with Gasteiger partial charge in [0, 0.05) is 13.0 Å². The molecule has 24 heavy (non-hydrogen) atoms. The van der Waals surface area contributed by atoms with E-state index in [9.17, 15) is 15.1 Å². The van der Waals surface area contributed by atoms with Gasteiger partial charge < -0.3 is 21.4 Å². The van der Waals surface area contributed by atoms with Crippen LogP contribution in [0.25, 0.3) is 0 Å². The van der Waals surface area contributed by atoms with E-state index in [1.54, 1.807) is 18.2 Å². The van der Waals surface area contributed by atoms with E-state index >= 15 is 0 Å². The molecule has 0 aliphatic carbocycles. The van der Waals surface area contributed by atoms with E-state index in [4.69, 9.17) is 5.73 Å². The van der Waals surface area contributed by atoms with Crippen LogP contribution in [0.15, 0.2) is 27.8 Å². The molecule has 0 bridgehead atoms. The molecular formula is C17H26BrN3O3. The molecule has 1 aromatic carbocycles. The zero-order valence-electron chi connectivity index (χ0n) is 14.0. The summed E-state index contributed by atoms with van der Waals surface area (Å²) in [6, 6.07) is 4.66. The van der Waals surface area contributed by atoms with Crippen molar-refractivity contribution in [1.82, 2.24) is 5.32 Å². The number of carbonyl (C=O) groups excluding carboxylic acids is 1. The number of rotatable bonds is 11. The lowest BCUT2D eigenvalue weighted by Crippen LogP contribution is -2.43. The number of benzene rings is 1. The minimum Gasteiger partial charge on any atom is -0.507 e. The lowest BCUT2D eigenvalue weighted by atomic mass is 10.1. The van der Waals surface area contributed by atoms with Crippen molar-refractivity contribution in [2.45, 2.75) is 51.5 Å². The first-order chi connectivity index (χ1) is 11.5. The third-order valence-electron chi connectivity index (χ3n) is 3.80. The van der Waals surface area contributed by atoms with Crippen LogP contribution in [0.1, 0.15) is 44.6 Å². The number of nitrogens with zero attached hydrogens (tertiary/aromatic N) is 1. The maximum absolute atomic E-state index is 11.5. The number of aromatic hydroxyl groups is 1. The average Bonchev–Trinajstić information content (AvgIpc) is 2.55. The number of nitrogens with two attached hydrogens (primary N) is 1. The van der Waals surface area contributed by atoms with E-state index in [1.165, 1.54) is 0 Å². The molecule has 1 unspecified atom stereocenters. The van der Waals surface area contributed by atoms with Gasteiger partial charge in [-0.25, -0.2) is 0 Å². The van der Waals surface area contributed by atoms with Crippen LogP contribution in [0.4, 0.5) is 0 Å². The van der Waals surface area contributed by atoms with Crippen LogP contribution >= 0.6 is 15.9 Å². The van der Waals surface area contributed by atoms with E-state index < -0.39 is 11.9 Å². The van der Waals surface area contributed by atoms with Gasteiger partial charge in [0.25, 0.3) is 0 Å². The third-order valence-corrected chi connectivity index (χ3v) is 4.44. The fourth-order valence-corrected chi connectivity index (χ4v) is 2.82. The lowest BCUT2D eigenvalue weighted by molar-refractivity contribution is -0.120. The van der Waals surface area contributed by atoms with Crippen LogP contribution in [0.2, 0.25) is 0 Å². The molecule has 0 aliphatic heterocycles. The highest BCUT2D eigenvalue weighted by Gasteiger charge is 2.15. The molecule has 1 atom stereocenters. The molecule has 1 rings (SSSR count). The van der Waals surface area contributed by atoms with Crippen molar-refractivity contribution >= 4 is 27.5 Å². The Hall–Kier alpha value is -1.60. The summed E-state index contributed by atoms with van der Waals surface area (Å²) in [5, 5.41) is 25.0. The lowest BCUT2D eigenvalue weighted by Gasteiger charge is -2.16. The maximum Gasteiger partial charge on any atom is 0.234 e. The Labute approximate surface area is 151 Å². The monoisotopic (exact) mass is 399 g/mol. The fraction of sp³-hybridized carbons (Fsp3) is 0.529. The number of amides is 1. The molecule has 5 N–H and O–H groups in total. The normalized spacial score (nSPS) is 13.0. The molecule has 0 radical (unpaired) electrons. The third kappa shape index (κ3) is 7.31. The molecule has 0 fully saturated rings. The zero-order valence-corrected chi connectivity index (χ0v) is 15.6. The first kappa shape index (κ1) is 20.4. The number of carbonyl (C=O) groups is 1. The smallest absolute Gasteiger partial charge is 0.234 e. The van der Waals surface area contributed by atoms with Gasteiger partial charge in [-0.3, -0.25) is 4.79 Å². The van der Waals surface area contributed by atoms with Gasteiger partial charge >= 0.3 is 0 Å². The molecular weight excluding hydrogens is 374 g/mol. The largest absolute Gasteiger partial charge is 0.507 e. The van der Waals surface area contributed by atoms with Gasteiger partial charge in [-0.15, -0.1) is 0 Å². The van der Waals surface area contributed by atoms with Gasteiger partial charge in [0.15, 0.2) is 0 Å². The van der Waals surface area contributed by atoms with Crippen molar-refractivity contribution < 1.29 is 15.1 Å². The van der Waals surface area contributed by atoms with Gasteiger partial charge in [0.05, 0.1) is 16.2 Å². The average molecular weight is 400 g/mol. The van der Waals surface area contributed by atoms with Crippen LogP contribution in [-0.4, -0.2) is 34.5 Å². The van der Waals surface area contributed by atoms with E-state index in [-0.39, 0.29) is 12.3 Å². The molecule has 0 spiro atoms. The second kappa shape index (κ2) is 11.0. The van der Waals surface area contributed by atoms with E-state index in [1.807, 2.05) is 0 Å². The standard InChI is InChI=1S/C17H26BrN3O3/c1-2-3-4-5-6-15(17(19)23)20-11-13(21-24)9-12-7-8-16(22)14(18)10-12/h7-8,10,15,20,22,24H,2-6,9,11H2,1H3,(H2,19,23). The fourth-order valence-electron chi connectivity index (χ4n) is 2.39. The molecule has 0 aromatic heterocycles. The summed E-state index contributed by atoms with van der Waals surface area (Å²) in [7, 11) is 0. The topological polar surface area (TPSA) is 108 Å². The van der Waals surface area contributed by atoms with Crippen molar-refractivity contribution in [2.24, 2.45) is 10.9 Å². The SMILES string of the molecule is CCCCCCC(NCC(Cc1ccc(O)c(Br)c1)=NO)C(N)=O.